The third-order valence-corrected chi connectivity index (χ3v) is 6.17. The van der Waals surface area contributed by atoms with Crippen LogP contribution in [0.2, 0.25) is 0 Å². The number of carboxylic acid groups (broad SMARTS) is 1. The molecule has 2 aromatic carbocycles. The maximum Gasteiger partial charge on any atom is 0.371 e. The highest BCUT2D eigenvalue weighted by Crippen LogP contribution is 2.52. The van der Waals surface area contributed by atoms with Crippen LogP contribution >= 0.6 is 0 Å². The Hall–Kier alpha value is -4.01. The van der Waals surface area contributed by atoms with Crippen molar-refractivity contribution in [2.45, 2.75) is 36.8 Å². The Labute approximate surface area is 207 Å². The van der Waals surface area contributed by atoms with Gasteiger partial charge in [-0.25, -0.2) is 4.79 Å². The third-order valence-electron chi connectivity index (χ3n) is 6.17. The standard InChI is InChI=1S/C24H22O13/c25-7-16-18(29)19(30)20(31)24(36-16)37-22-10-6-15(23(32)33)34-13-4-9(26)5-14(17(10)13)35-21(22)8-1-2-11(27)12(28)3-8/h1-6,16,18-21,24-31H,7H2,(H,32,33). The molecule has 2 aromatic rings. The molecule has 6 unspecified atom stereocenters. The molecule has 0 bridgehead atoms. The van der Waals surface area contributed by atoms with Gasteiger partial charge in [0.15, 0.2) is 23.4 Å². The first-order chi connectivity index (χ1) is 17.6. The van der Waals surface area contributed by atoms with E-state index in [0.717, 1.165) is 18.2 Å². The predicted molar refractivity (Wildman–Crippen MR) is 119 cm³/mol. The summed E-state index contributed by atoms with van der Waals surface area (Å²) in [6.45, 7) is -0.717. The Bertz CT molecular complexity index is 1310. The summed E-state index contributed by atoms with van der Waals surface area (Å²) in [7, 11) is 0. The van der Waals surface area contributed by atoms with Crippen LogP contribution in [0.3, 0.4) is 0 Å². The summed E-state index contributed by atoms with van der Waals surface area (Å²) >= 11 is 0. The molecule has 6 atom stereocenters. The van der Waals surface area contributed by atoms with Crippen molar-refractivity contribution in [3.8, 4) is 28.7 Å². The quantitative estimate of drug-likeness (QED) is 0.242. The number of aliphatic carboxylic acids is 1. The summed E-state index contributed by atoms with van der Waals surface area (Å²) < 4.78 is 22.8. The van der Waals surface area contributed by atoms with E-state index in [4.69, 9.17) is 18.9 Å². The highest BCUT2D eigenvalue weighted by atomic mass is 16.7. The number of benzene rings is 2. The van der Waals surface area contributed by atoms with E-state index in [0.29, 0.717) is 0 Å². The van der Waals surface area contributed by atoms with Gasteiger partial charge < -0.3 is 59.8 Å². The Balaban J connectivity index is 1.70. The lowest BCUT2D eigenvalue weighted by Crippen LogP contribution is -2.59. The van der Waals surface area contributed by atoms with Crippen LogP contribution in [-0.4, -0.2) is 84.1 Å². The first-order valence-electron chi connectivity index (χ1n) is 11.0. The predicted octanol–water partition coefficient (Wildman–Crippen LogP) is -0.174. The third kappa shape index (κ3) is 4.18. The van der Waals surface area contributed by atoms with E-state index in [2.05, 4.69) is 0 Å². The molecule has 3 aliphatic rings. The van der Waals surface area contributed by atoms with Crippen LogP contribution < -0.4 is 9.47 Å². The highest BCUT2D eigenvalue weighted by molar-refractivity contribution is 5.95. The van der Waals surface area contributed by atoms with Gasteiger partial charge in [-0.05, 0) is 12.1 Å². The fourth-order valence-corrected chi connectivity index (χ4v) is 4.33. The summed E-state index contributed by atoms with van der Waals surface area (Å²) in [4.78, 5) is 11.8. The molecule has 8 N–H and O–H groups in total. The van der Waals surface area contributed by atoms with E-state index in [-0.39, 0.29) is 39.7 Å². The van der Waals surface area contributed by atoms with E-state index in [1.165, 1.54) is 18.2 Å². The van der Waals surface area contributed by atoms with Crippen molar-refractivity contribution in [1.29, 1.82) is 0 Å². The summed E-state index contributed by atoms with van der Waals surface area (Å²) in [5, 5.41) is 80.0. The molecule has 37 heavy (non-hydrogen) atoms. The smallest absolute Gasteiger partial charge is 0.371 e. The van der Waals surface area contributed by atoms with Crippen LogP contribution in [0.15, 0.2) is 47.9 Å². The van der Waals surface area contributed by atoms with E-state index >= 15 is 0 Å². The number of phenols is 3. The van der Waals surface area contributed by atoms with Gasteiger partial charge in [0, 0.05) is 29.3 Å². The molecule has 0 aliphatic carbocycles. The number of allylic oxidation sites excluding steroid dienone is 2. The molecule has 5 rings (SSSR count). The van der Waals surface area contributed by atoms with Gasteiger partial charge in [-0.1, -0.05) is 6.07 Å². The van der Waals surface area contributed by atoms with Crippen molar-refractivity contribution >= 4 is 11.5 Å². The Morgan fingerprint density at radius 3 is 2.35 bits per heavy atom. The molecular weight excluding hydrogens is 496 g/mol. The van der Waals surface area contributed by atoms with Crippen molar-refractivity contribution in [3.63, 3.8) is 0 Å². The van der Waals surface area contributed by atoms with Gasteiger partial charge in [0.05, 0.1) is 12.2 Å². The number of hydrogen-bond donors (Lipinski definition) is 8. The summed E-state index contributed by atoms with van der Waals surface area (Å²) in [5.41, 5.74) is 0.491. The fourth-order valence-electron chi connectivity index (χ4n) is 4.33. The number of phenolic OH excluding ortho intramolecular Hbond substituents is 3. The number of carboxylic acids is 1. The van der Waals surface area contributed by atoms with Gasteiger partial charge in [0.2, 0.25) is 12.0 Å². The van der Waals surface area contributed by atoms with E-state index < -0.39 is 66.6 Å². The average Bonchev–Trinajstić information content (AvgIpc) is 2.86. The van der Waals surface area contributed by atoms with Crippen LogP contribution in [0.4, 0.5) is 0 Å². The second-order valence-electron chi connectivity index (χ2n) is 8.57. The van der Waals surface area contributed by atoms with Crippen molar-refractivity contribution in [1.82, 2.24) is 0 Å². The van der Waals surface area contributed by atoms with Gasteiger partial charge in [0.1, 0.15) is 41.7 Å². The second kappa shape index (κ2) is 9.14. The number of aliphatic hydroxyl groups excluding tert-OH is 4. The molecule has 0 radical (unpaired) electrons. The minimum Gasteiger partial charge on any atom is -0.508 e. The lowest BCUT2D eigenvalue weighted by molar-refractivity contribution is -0.293. The molecule has 3 heterocycles. The second-order valence-corrected chi connectivity index (χ2v) is 8.57. The van der Waals surface area contributed by atoms with E-state index in [9.17, 15) is 45.6 Å². The molecule has 3 aliphatic heterocycles. The first kappa shape index (κ1) is 24.7. The molecule has 13 heteroatoms. The van der Waals surface area contributed by atoms with Crippen LogP contribution in [0.1, 0.15) is 17.2 Å². The van der Waals surface area contributed by atoms with E-state index in [1.54, 1.807) is 0 Å². The van der Waals surface area contributed by atoms with Crippen molar-refractivity contribution in [2.24, 2.45) is 0 Å². The minimum absolute atomic E-state index is 0.0596. The van der Waals surface area contributed by atoms with Gasteiger partial charge in [-0.15, -0.1) is 0 Å². The zero-order valence-electron chi connectivity index (χ0n) is 18.8. The number of rotatable bonds is 5. The summed E-state index contributed by atoms with van der Waals surface area (Å²) in [6.07, 6.45) is -8.32. The zero-order valence-corrected chi connectivity index (χ0v) is 18.8. The topological polar surface area (TPSA) is 216 Å². The number of carbonyl (C=O) groups is 1. The molecule has 0 saturated carbocycles. The lowest BCUT2D eigenvalue weighted by atomic mass is 9.92. The van der Waals surface area contributed by atoms with Gasteiger partial charge in [0.25, 0.3) is 0 Å². The van der Waals surface area contributed by atoms with Crippen LogP contribution in [0, 0.1) is 0 Å². The van der Waals surface area contributed by atoms with Crippen LogP contribution in [-0.2, 0) is 14.3 Å². The molecule has 1 saturated heterocycles. The van der Waals surface area contributed by atoms with Gasteiger partial charge in [-0.3, -0.25) is 0 Å². The molecule has 1 fully saturated rings. The normalized spacial score (nSPS) is 28.5. The van der Waals surface area contributed by atoms with Gasteiger partial charge in [-0.2, -0.15) is 0 Å². The zero-order chi connectivity index (χ0) is 26.6. The largest absolute Gasteiger partial charge is 0.508 e. The van der Waals surface area contributed by atoms with Crippen molar-refractivity contribution in [3.05, 3.63) is 59.1 Å². The number of hydrogen-bond acceptors (Lipinski definition) is 12. The maximum atomic E-state index is 11.8. The average molecular weight is 518 g/mol. The summed E-state index contributed by atoms with van der Waals surface area (Å²) in [5.74, 6) is -3.39. The van der Waals surface area contributed by atoms with Crippen molar-refractivity contribution < 1.29 is 64.6 Å². The van der Waals surface area contributed by atoms with Gasteiger partial charge >= 0.3 is 5.97 Å². The number of aromatic hydroxyl groups is 3. The number of aliphatic hydroxyl groups is 4. The minimum atomic E-state index is -1.80. The highest BCUT2D eigenvalue weighted by Gasteiger charge is 2.47. The molecule has 196 valence electrons. The first-order valence-corrected chi connectivity index (χ1v) is 11.0. The van der Waals surface area contributed by atoms with Crippen molar-refractivity contribution in [2.75, 3.05) is 6.61 Å². The Morgan fingerprint density at radius 1 is 0.946 bits per heavy atom. The fraction of sp³-hybridized carbons (Fsp3) is 0.292. The lowest BCUT2D eigenvalue weighted by Gasteiger charge is -2.41. The Morgan fingerprint density at radius 2 is 1.68 bits per heavy atom. The molecule has 0 aromatic heterocycles. The maximum absolute atomic E-state index is 11.8. The monoisotopic (exact) mass is 518 g/mol. The molecule has 0 spiro atoms. The SMILES string of the molecule is O=C(O)C1=CC2=C(OC3OC(CO)C(O)C(O)C3O)C(c3ccc(O)c(O)c3)Oc3cc(O)cc(c32)O1. The van der Waals surface area contributed by atoms with E-state index in [1.807, 2.05) is 0 Å². The van der Waals surface area contributed by atoms with Crippen LogP contribution in [0.25, 0.3) is 5.57 Å². The molecule has 13 nitrogen and oxygen atoms in total. The Kier molecular flexibility index (Phi) is 6.09. The molecule has 0 amide bonds. The summed E-state index contributed by atoms with van der Waals surface area (Å²) in [6, 6.07) is 6.13. The molecular formula is C24H22O13. The van der Waals surface area contributed by atoms with Crippen LogP contribution in [0.5, 0.6) is 28.7 Å². The number of ether oxygens (including phenoxy) is 4.